The van der Waals surface area contributed by atoms with E-state index in [1.54, 1.807) is 19.2 Å². The van der Waals surface area contributed by atoms with E-state index < -0.39 is 4.92 Å². The van der Waals surface area contributed by atoms with Gasteiger partial charge in [0, 0.05) is 36.0 Å². The van der Waals surface area contributed by atoms with Crippen LogP contribution in [0.25, 0.3) is 0 Å². The highest BCUT2D eigenvalue weighted by Gasteiger charge is 2.36. The number of ether oxygens (including phenoxy) is 1. The predicted molar refractivity (Wildman–Crippen MR) is 120 cm³/mol. The average molecular weight is 411 g/mol. The van der Waals surface area contributed by atoms with Gasteiger partial charge in [-0.05, 0) is 56.4 Å². The number of rotatable bonds is 7. The highest BCUT2D eigenvalue weighted by molar-refractivity contribution is 5.69. The molecule has 0 aliphatic carbocycles. The van der Waals surface area contributed by atoms with Crippen LogP contribution in [0.4, 0.5) is 22.7 Å². The number of unbranched alkanes of at least 4 members (excludes halogenated alkanes) is 1. The van der Waals surface area contributed by atoms with Crippen molar-refractivity contribution in [3.8, 4) is 5.75 Å². The van der Waals surface area contributed by atoms with E-state index in [1.807, 2.05) is 0 Å². The molecule has 1 aliphatic rings. The number of fused-ring (bicyclic) bond motifs is 1. The number of hydrogen-bond acceptors (Lipinski definition) is 6. The zero-order chi connectivity index (χ0) is 21.9. The zero-order valence-corrected chi connectivity index (χ0v) is 18.4. The summed E-state index contributed by atoms with van der Waals surface area (Å²) in [5.41, 5.74) is 3.79. The molecular weight excluding hydrogens is 380 g/mol. The molecule has 0 amide bonds. The summed E-state index contributed by atoms with van der Waals surface area (Å²) < 4.78 is 5.64. The van der Waals surface area contributed by atoms with Crippen molar-refractivity contribution in [3.63, 3.8) is 0 Å². The van der Waals surface area contributed by atoms with Crippen LogP contribution in [0.15, 0.2) is 46.6 Å². The first-order valence-electron chi connectivity index (χ1n) is 10.4. The monoisotopic (exact) mass is 410 g/mol. The highest BCUT2D eigenvalue weighted by Crippen LogP contribution is 2.47. The number of non-ortho nitro benzene ring substituents is 1. The second-order valence-corrected chi connectivity index (χ2v) is 8.48. The van der Waals surface area contributed by atoms with Gasteiger partial charge >= 0.3 is 0 Å². The van der Waals surface area contributed by atoms with Crippen molar-refractivity contribution >= 4 is 22.7 Å². The van der Waals surface area contributed by atoms with Gasteiger partial charge < -0.3 is 9.64 Å². The molecule has 1 aliphatic heterocycles. The molecule has 1 heterocycles. The fourth-order valence-corrected chi connectivity index (χ4v) is 4.23. The molecule has 160 valence electrons. The summed E-state index contributed by atoms with van der Waals surface area (Å²) in [6, 6.07) is 10.2. The van der Waals surface area contributed by atoms with Crippen molar-refractivity contribution in [1.29, 1.82) is 0 Å². The number of benzene rings is 2. The summed E-state index contributed by atoms with van der Waals surface area (Å²) in [5, 5.41) is 19.5. The SMILES string of the molecule is CCCCN1c2cc(OC)c(N=Nc3ccc([N+](=O)[O-])cc3)cc2C(C)CC1(C)C. The summed E-state index contributed by atoms with van der Waals surface area (Å²) in [6.45, 7) is 10.1. The molecule has 30 heavy (non-hydrogen) atoms. The maximum absolute atomic E-state index is 10.8. The molecule has 0 saturated carbocycles. The third kappa shape index (κ3) is 4.45. The van der Waals surface area contributed by atoms with Gasteiger partial charge in [-0.2, -0.15) is 5.11 Å². The topological polar surface area (TPSA) is 80.3 Å². The molecule has 0 radical (unpaired) electrons. The first-order chi connectivity index (χ1) is 14.3. The van der Waals surface area contributed by atoms with Gasteiger partial charge in [0.15, 0.2) is 0 Å². The van der Waals surface area contributed by atoms with Crippen molar-refractivity contribution in [2.24, 2.45) is 10.2 Å². The molecular formula is C23H30N4O3. The Morgan fingerprint density at radius 1 is 1.23 bits per heavy atom. The summed E-state index contributed by atoms with van der Waals surface area (Å²) in [5.74, 6) is 1.07. The second kappa shape index (κ2) is 8.81. The maximum Gasteiger partial charge on any atom is 0.269 e. The number of methoxy groups -OCH3 is 1. The number of hydrogen-bond donors (Lipinski definition) is 0. The number of anilines is 1. The Hall–Kier alpha value is -2.96. The number of nitro groups is 1. The Labute approximate surface area is 177 Å². The molecule has 1 atom stereocenters. The first-order valence-corrected chi connectivity index (χ1v) is 10.4. The van der Waals surface area contributed by atoms with Crippen LogP contribution in [0.3, 0.4) is 0 Å². The molecule has 0 spiro atoms. The molecule has 2 aromatic carbocycles. The van der Waals surface area contributed by atoms with Crippen LogP contribution in [0, 0.1) is 10.1 Å². The number of nitro benzene ring substituents is 1. The van der Waals surface area contributed by atoms with E-state index >= 15 is 0 Å². The fraction of sp³-hybridized carbons (Fsp3) is 0.478. The number of azo groups is 1. The smallest absolute Gasteiger partial charge is 0.269 e. The minimum Gasteiger partial charge on any atom is -0.494 e. The third-order valence-corrected chi connectivity index (χ3v) is 5.76. The van der Waals surface area contributed by atoms with Gasteiger partial charge in [0.25, 0.3) is 5.69 Å². The van der Waals surface area contributed by atoms with E-state index in [-0.39, 0.29) is 11.2 Å². The van der Waals surface area contributed by atoms with Gasteiger partial charge in [0.2, 0.25) is 0 Å². The first kappa shape index (κ1) is 21.7. The van der Waals surface area contributed by atoms with Crippen LogP contribution in [0.5, 0.6) is 5.75 Å². The van der Waals surface area contributed by atoms with Crippen LogP contribution in [0.2, 0.25) is 0 Å². The molecule has 0 aromatic heterocycles. The van der Waals surface area contributed by atoms with Gasteiger partial charge in [-0.25, -0.2) is 0 Å². The van der Waals surface area contributed by atoms with Crippen LogP contribution < -0.4 is 9.64 Å². The molecule has 7 nitrogen and oxygen atoms in total. The summed E-state index contributed by atoms with van der Waals surface area (Å²) in [7, 11) is 1.64. The van der Waals surface area contributed by atoms with Crippen LogP contribution in [-0.4, -0.2) is 24.1 Å². The van der Waals surface area contributed by atoms with Crippen molar-refractivity contribution < 1.29 is 9.66 Å². The predicted octanol–water partition coefficient (Wildman–Crippen LogP) is 6.91. The molecule has 2 aromatic rings. The largest absolute Gasteiger partial charge is 0.494 e. The molecule has 1 unspecified atom stereocenters. The van der Waals surface area contributed by atoms with E-state index in [9.17, 15) is 10.1 Å². The highest BCUT2D eigenvalue weighted by atomic mass is 16.6. The Morgan fingerprint density at radius 2 is 1.93 bits per heavy atom. The Bertz CT molecular complexity index is 938. The Balaban J connectivity index is 1.97. The maximum atomic E-state index is 10.8. The molecule has 0 bridgehead atoms. The Morgan fingerprint density at radius 3 is 2.53 bits per heavy atom. The minimum atomic E-state index is -0.430. The van der Waals surface area contributed by atoms with E-state index in [0.29, 0.717) is 23.0 Å². The molecule has 7 heteroatoms. The quantitative estimate of drug-likeness (QED) is 0.282. The molecule has 0 saturated heterocycles. The summed E-state index contributed by atoms with van der Waals surface area (Å²) >= 11 is 0. The van der Waals surface area contributed by atoms with E-state index in [0.717, 1.165) is 25.8 Å². The zero-order valence-electron chi connectivity index (χ0n) is 18.4. The lowest BCUT2D eigenvalue weighted by Gasteiger charge is -2.48. The summed E-state index contributed by atoms with van der Waals surface area (Å²) in [6.07, 6.45) is 3.35. The van der Waals surface area contributed by atoms with E-state index in [2.05, 4.69) is 55.0 Å². The van der Waals surface area contributed by atoms with Crippen LogP contribution >= 0.6 is 0 Å². The molecule has 0 fully saturated rings. The minimum absolute atomic E-state index is 0.0314. The van der Waals surface area contributed by atoms with E-state index in [4.69, 9.17) is 4.74 Å². The molecule has 3 rings (SSSR count). The van der Waals surface area contributed by atoms with Crippen molar-refractivity contribution in [1.82, 2.24) is 0 Å². The van der Waals surface area contributed by atoms with Crippen molar-refractivity contribution in [2.75, 3.05) is 18.6 Å². The summed E-state index contributed by atoms with van der Waals surface area (Å²) in [4.78, 5) is 12.9. The second-order valence-electron chi connectivity index (χ2n) is 8.48. The molecule has 0 N–H and O–H groups in total. The van der Waals surface area contributed by atoms with Crippen LogP contribution in [-0.2, 0) is 0 Å². The lowest BCUT2D eigenvalue weighted by molar-refractivity contribution is -0.384. The average Bonchev–Trinajstić information content (AvgIpc) is 2.71. The van der Waals surface area contributed by atoms with Crippen LogP contribution in [0.1, 0.15) is 58.4 Å². The van der Waals surface area contributed by atoms with Crippen molar-refractivity contribution in [2.45, 2.75) is 58.4 Å². The lowest BCUT2D eigenvalue weighted by Crippen LogP contribution is -2.48. The van der Waals surface area contributed by atoms with Gasteiger partial charge in [0.05, 0.1) is 17.7 Å². The van der Waals surface area contributed by atoms with Gasteiger partial charge in [0.1, 0.15) is 11.4 Å². The van der Waals surface area contributed by atoms with Gasteiger partial charge in [-0.3, -0.25) is 10.1 Å². The standard InChI is InChI=1S/C23H30N4O3/c1-6-7-12-26-21-14-22(30-5)20(13-19(21)16(2)15-23(26,3)4)25-24-17-8-10-18(11-9-17)27(28)29/h8-11,13-14,16H,6-7,12,15H2,1-5H3. The number of nitrogens with zero attached hydrogens (tertiary/aromatic N) is 4. The van der Waals surface area contributed by atoms with Gasteiger partial charge in [-0.1, -0.05) is 20.3 Å². The van der Waals surface area contributed by atoms with Gasteiger partial charge in [-0.15, -0.1) is 5.11 Å². The fourth-order valence-electron chi connectivity index (χ4n) is 4.23. The Kier molecular flexibility index (Phi) is 6.39. The third-order valence-electron chi connectivity index (χ3n) is 5.76. The van der Waals surface area contributed by atoms with Crippen molar-refractivity contribution in [3.05, 3.63) is 52.1 Å². The normalized spacial score (nSPS) is 17.8. The van der Waals surface area contributed by atoms with E-state index in [1.165, 1.54) is 23.4 Å². The lowest BCUT2D eigenvalue weighted by atomic mass is 9.79.